The van der Waals surface area contributed by atoms with Gasteiger partial charge in [-0.2, -0.15) is 0 Å². The van der Waals surface area contributed by atoms with E-state index < -0.39 is 0 Å². The van der Waals surface area contributed by atoms with Gasteiger partial charge in [0.2, 0.25) is 0 Å². The molecule has 1 unspecified atom stereocenters. The van der Waals surface area contributed by atoms with Gasteiger partial charge in [-0.15, -0.1) is 0 Å². The van der Waals surface area contributed by atoms with E-state index in [9.17, 15) is 4.79 Å². The van der Waals surface area contributed by atoms with Crippen LogP contribution in [-0.2, 0) is 0 Å². The fourth-order valence-corrected chi connectivity index (χ4v) is 1.98. The number of carbonyl (C=O) groups excluding carboxylic acids is 1. The zero-order valence-electron chi connectivity index (χ0n) is 12.6. The summed E-state index contributed by atoms with van der Waals surface area (Å²) in [6.45, 7) is 6.45. The van der Waals surface area contributed by atoms with Crippen molar-refractivity contribution in [3.63, 3.8) is 0 Å². The van der Waals surface area contributed by atoms with E-state index in [0.29, 0.717) is 12.1 Å². The second-order valence-corrected chi connectivity index (χ2v) is 5.05. The Balaban J connectivity index is 2.81. The number of benzene rings is 1. The Bertz CT molecular complexity index is 511. The second-order valence-electron chi connectivity index (χ2n) is 5.05. The summed E-state index contributed by atoms with van der Waals surface area (Å²) in [4.78, 5) is 12.3. The lowest BCUT2D eigenvalue weighted by Crippen LogP contribution is -2.32. The van der Waals surface area contributed by atoms with Crippen molar-refractivity contribution in [3.05, 3.63) is 34.9 Å². The topological polar surface area (TPSA) is 55.1 Å². The first kappa shape index (κ1) is 16.3. The van der Waals surface area contributed by atoms with Gasteiger partial charge >= 0.3 is 0 Å². The van der Waals surface area contributed by atoms with Crippen LogP contribution in [-0.4, -0.2) is 18.5 Å². The van der Waals surface area contributed by atoms with Crippen LogP contribution in [0.1, 0.15) is 54.6 Å². The molecule has 0 fully saturated rings. The highest BCUT2D eigenvalue weighted by Crippen LogP contribution is 2.11. The summed E-state index contributed by atoms with van der Waals surface area (Å²) >= 11 is 0. The number of nitrogens with one attached hydrogen (secondary N) is 1. The van der Waals surface area contributed by atoms with Gasteiger partial charge in [-0.05, 0) is 38.0 Å². The number of amides is 1. The second kappa shape index (κ2) is 8.39. The number of rotatable bonds is 5. The zero-order chi connectivity index (χ0) is 15.0. The first-order chi connectivity index (χ1) is 9.58. The highest BCUT2D eigenvalue weighted by Gasteiger charge is 2.12. The summed E-state index contributed by atoms with van der Waals surface area (Å²) in [7, 11) is 0. The molecule has 0 radical (unpaired) electrons. The van der Waals surface area contributed by atoms with Gasteiger partial charge in [0.15, 0.2) is 0 Å². The molecule has 0 heterocycles. The lowest BCUT2D eigenvalue weighted by molar-refractivity contribution is 0.0937. The molecule has 1 aromatic carbocycles. The van der Waals surface area contributed by atoms with E-state index >= 15 is 0 Å². The smallest absolute Gasteiger partial charge is 0.251 e. The minimum atomic E-state index is -0.0255. The molecule has 1 rings (SSSR count). The van der Waals surface area contributed by atoms with E-state index in [0.717, 1.165) is 30.4 Å². The van der Waals surface area contributed by atoms with Gasteiger partial charge in [0.05, 0.1) is 6.54 Å². The molecule has 0 saturated heterocycles. The number of nitrogens with two attached hydrogens (primary N) is 1. The first-order valence-electron chi connectivity index (χ1n) is 7.19. The van der Waals surface area contributed by atoms with Gasteiger partial charge in [-0.1, -0.05) is 37.7 Å². The largest absolute Gasteiger partial charge is 0.350 e. The predicted molar refractivity (Wildman–Crippen MR) is 83.6 cm³/mol. The molecular formula is C17H24N2O. The van der Waals surface area contributed by atoms with Crippen molar-refractivity contribution in [1.29, 1.82) is 0 Å². The Labute approximate surface area is 121 Å². The fourth-order valence-electron chi connectivity index (χ4n) is 1.98. The van der Waals surface area contributed by atoms with E-state index in [-0.39, 0.29) is 11.9 Å². The standard InChI is InChI=1S/C17H24N2O/c1-4-5-7-14(3)19-17(20)16-12-15(8-6-11-18)10-9-13(16)2/h9-10,12,14H,4-5,7,11,18H2,1-3H3,(H,19,20). The highest BCUT2D eigenvalue weighted by molar-refractivity contribution is 5.96. The van der Waals surface area contributed by atoms with Crippen molar-refractivity contribution >= 4 is 5.91 Å². The summed E-state index contributed by atoms with van der Waals surface area (Å²) in [6, 6.07) is 5.86. The van der Waals surface area contributed by atoms with Crippen molar-refractivity contribution in [2.24, 2.45) is 5.73 Å². The third-order valence-corrected chi connectivity index (χ3v) is 3.19. The monoisotopic (exact) mass is 272 g/mol. The van der Waals surface area contributed by atoms with Crippen LogP contribution in [0.25, 0.3) is 0 Å². The molecule has 0 spiro atoms. The van der Waals surface area contributed by atoms with Gasteiger partial charge in [-0.25, -0.2) is 0 Å². The molecule has 1 atom stereocenters. The molecule has 20 heavy (non-hydrogen) atoms. The summed E-state index contributed by atoms with van der Waals surface area (Å²) in [5, 5.41) is 3.04. The van der Waals surface area contributed by atoms with Crippen LogP contribution in [0.4, 0.5) is 0 Å². The normalized spacial score (nSPS) is 11.4. The minimum absolute atomic E-state index is 0.0255. The maximum absolute atomic E-state index is 12.3. The van der Waals surface area contributed by atoms with E-state index in [4.69, 9.17) is 5.73 Å². The van der Waals surface area contributed by atoms with E-state index in [1.165, 1.54) is 0 Å². The first-order valence-corrected chi connectivity index (χ1v) is 7.19. The van der Waals surface area contributed by atoms with Gasteiger partial charge < -0.3 is 11.1 Å². The van der Waals surface area contributed by atoms with Crippen LogP contribution in [0.5, 0.6) is 0 Å². The van der Waals surface area contributed by atoms with Crippen molar-refractivity contribution < 1.29 is 4.79 Å². The molecule has 0 aliphatic carbocycles. The Morgan fingerprint density at radius 1 is 1.45 bits per heavy atom. The lowest BCUT2D eigenvalue weighted by atomic mass is 10.0. The molecule has 3 nitrogen and oxygen atoms in total. The maximum Gasteiger partial charge on any atom is 0.251 e. The van der Waals surface area contributed by atoms with Crippen molar-refractivity contribution in [2.45, 2.75) is 46.1 Å². The molecule has 3 heteroatoms. The van der Waals surface area contributed by atoms with E-state index in [1.54, 1.807) is 0 Å². The van der Waals surface area contributed by atoms with Crippen LogP contribution in [0.15, 0.2) is 18.2 Å². The van der Waals surface area contributed by atoms with Crippen LogP contribution < -0.4 is 11.1 Å². The fraction of sp³-hybridized carbons (Fsp3) is 0.471. The zero-order valence-corrected chi connectivity index (χ0v) is 12.6. The Morgan fingerprint density at radius 2 is 2.20 bits per heavy atom. The predicted octanol–water partition coefficient (Wildman–Crippen LogP) is 2.61. The highest BCUT2D eigenvalue weighted by atomic mass is 16.1. The van der Waals surface area contributed by atoms with Crippen LogP contribution in [0.3, 0.4) is 0 Å². The summed E-state index contributed by atoms with van der Waals surface area (Å²) < 4.78 is 0. The molecule has 3 N–H and O–H groups in total. The van der Waals surface area contributed by atoms with Crippen molar-refractivity contribution in [3.8, 4) is 11.8 Å². The van der Waals surface area contributed by atoms with Gasteiger partial charge in [0.1, 0.15) is 0 Å². The van der Waals surface area contributed by atoms with Crippen LogP contribution >= 0.6 is 0 Å². The van der Waals surface area contributed by atoms with Crippen LogP contribution in [0, 0.1) is 18.8 Å². The number of unbranched alkanes of at least 4 members (excludes halogenated alkanes) is 1. The van der Waals surface area contributed by atoms with E-state index in [2.05, 4.69) is 24.1 Å². The molecule has 0 aliphatic rings. The molecular weight excluding hydrogens is 248 g/mol. The average Bonchev–Trinajstić information content (AvgIpc) is 2.44. The van der Waals surface area contributed by atoms with E-state index in [1.807, 2.05) is 32.0 Å². The molecule has 0 saturated carbocycles. The maximum atomic E-state index is 12.3. The molecule has 1 aromatic rings. The lowest BCUT2D eigenvalue weighted by Gasteiger charge is -2.14. The SMILES string of the molecule is CCCCC(C)NC(=O)c1cc(C#CCN)ccc1C. The third-order valence-electron chi connectivity index (χ3n) is 3.19. The summed E-state index contributed by atoms with van der Waals surface area (Å²) in [5.41, 5.74) is 7.84. The molecule has 0 aliphatic heterocycles. The number of hydrogen-bond donors (Lipinski definition) is 2. The molecule has 108 valence electrons. The van der Waals surface area contributed by atoms with Gasteiger partial charge in [-0.3, -0.25) is 4.79 Å². The Morgan fingerprint density at radius 3 is 2.85 bits per heavy atom. The van der Waals surface area contributed by atoms with Gasteiger partial charge in [0.25, 0.3) is 5.91 Å². The minimum Gasteiger partial charge on any atom is -0.350 e. The molecule has 0 bridgehead atoms. The summed E-state index contributed by atoms with van der Waals surface area (Å²) in [5.74, 6) is 5.74. The molecule has 0 aromatic heterocycles. The third kappa shape index (κ3) is 5.07. The summed E-state index contributed by atoms with van der Waals surface area (Å²) in [6.07, 6.45) is 3.28. The van der Waals surface area contributed by atoms with Crippen molar-refractivity contribution in [2.75, 3.05) is 6.54 Å². The molecule has 1 amide bonds. The number of hydrogen-bond acceptors (Lipinski definition) is 2. The average molecular weight is 272 g/mol. The Hall–Kier alpha value is -1.79. The number of aryl methyl sites for hydroxylation is 1. The number of carbonyl (C=O) groups is 1. The Kier molecular flexibility index (Phi) is 6.83. The van der Waals surface area contributed by atoms with Crippen LogP contribution in [0.2, 0.25) is 0 Å². The van der Waals surface area contributed by atoms with Crippen molar-refractivity contribution in [1.82, 2.24) is 5.32 Å². The van der Waals surface area contributed by atoms with Gasteiger partial charge in [0, 0.05) is 17.2 Å². The quantitative estimate of drug-likeness (QED) is 0.810.